The molecule has 1 N–H and O–H groups in total. The molecule has 1 aromatic heterocycles. The molecule has 0 spiro atoms. The summed E-state index contributed by atoms with van der Waals surface area (Å²) < 4.78 is 8.37. The van der Waals surface area contributed by atoms with E-state index in [1.165, 1.54) is 11.3 Å². The summed E-state index contributed by atoms with van der Waals surface area (Å²) in [7, 11) is 0. The van der Waals surface area contributed by atoms with Crippen LogP contribution in [0.3, 0.4) is 0 Å². The van der Waals surface area contributed by atoms with E-state index in [0.717, 1.165) is 10.2 Å². The maximum Gasteiger partial charge on any atom is 0.308 e. The highest BCUT2D eigenvalue weighted by Gasteiger charge is 2.19. The van der Waals surface area contributed by atoms with Gasteiger partial charge in [0.2, 0.25) is 0 Å². The molecule has 1 amide bonds. The first kappa shape index (κ1) is 19.5. The number of nitrogens with zero attached hydrogens (tertiary/aromatic N) is 1. The molecule has 1 atom stereocenters. The topological polar surface area (TPSA) is 60.3 Å². The molecule has 142 valence electrons. The fraction of sp³-hybridized carbons (Fsp3) is 0.300. The highest BCUT2D eigenvalue weighted by Crippen LogP contribution is 2.25. The Morgan fingerprint density at radius 3 is 2.56 bits per heavy atom. The molecule has 3 aromatic rings. The Morgan fingerprint density at radius 2 is 1.93 bits per heavy atom. The molecule has 27 heavy (non-hydrogen) atoms. The van der Waals surface area contributed by atoms with Crippen LogP contribution in [-0.2, 0) is 4.79 Å². The second kappa shape index (κ2) is 8.15. The number of ether oxygens (including phenoxy) is 1. The van der Waals surface area contributed by atoms with E-state index in [-0.39, 0.29) is 16.8 Å². The average Bonchev–Trinajstić information content (AvgIpc) is 2.96. The Hall–Kier alpha value is -2.31. The zero-order valence-corrected chi connectivity index (χ0v) is 16.9. The monoisotopic (exact) mass is 404 g/mol. The lowest BCUT2D eigenvalue weighted by molar-refractivity contribution is -0.122. The van der Waals surface area contributed by atoms with Crippen molar-refractivity contribution in [1.82, 2.24) is 4.57 Å². The minimum atomic E-state index is -0.624. The van der Waals surface area contributed by atoms with Gasteiger partial charge < -0.3 is 10.1 Å². The van der Waals surface area contributed by atoms with Crippen molar-refractivity contribution >= 4 is 44.7 Å². The van der Waals surface area contributed by atoms with Crippen LogP contribution in [0.4, 0.5) is 5.69 Å². The van der Waals surface area contributed by atoms with Crippen LogP contribution in [0.2, 0.25) is 5.02 Å². The number of fused-ring (bicyclic) bond motifs is 1. The van der Waals surface area contributed by atoms with E-state index in [1.54, 1.807) is 34.9 Å². The second-order valence-electron chi connectivity index (χ2n) is 6.47. The molecule has 2 aromatic carbocycles. The normalized spacial score (nSPS) is 12.3. The van der Waals surface area contributed by atoms with Crippen LogP contribution < -0.4 is 14.9 Å². The van der Waals surface area contributed by atoms with Crippen LogP contribution >= 0.6 is 22.9 Å². The number of halogens is 1. The molecule has 0 aliphatic carbocycles. The van der Waals surface area contributed by atoms with Crippen molar-refractivity contribution in [3.8, 4) is 5.75 Å². The summed E-state index contributed by atoms with van der Waals surface area (Å²) in [6.45, 7) is 5.84. The second-order valence-corrected chi connectivity index (χ2v) is 7.90. The van der Waals surface area contributed by atoms with Crippen LogP contribution in [0, 0.1) is 0 Å². The van der Waals surface area contributed by atoms with Crippen LogP contribution in [0.5, 0.6) is 5.75 Å². The lowest BCUT2D eigenvalue weighted by atomic mass is 10.2. The highest BCUT2D eigenvalue weighted by atomic mass is 35.5. The number of aromatic nitrogens is 1. The van der Waals surface area contributed by atoms with Crippen molar-refractivity contribution in [1.29, 1.82) is 0 Å². The van der Waals surface area contributed by atoms with Crippen LogP contribution in [0.25, 0.3) is 10.2 Å². The SMILES string of the molecule is CCC(Oc1ccc(Cl)cc1)C(=O)Nc1ccc2c(c1)sc(=O)n2C(C)C. The lowest BCUT2D eigenvalue weighted by Gasteiger charge is -2.17. The third-order valence-electron chi connectivity index (χ3n) is 4.15. The summed E-state index contributed by atoms with van der Waals surface area (Å²) in [5.41, 5.74) is 1.52. The van der Waals surface area contributed by atoms with E-state index in [2.05, 4.69) is 5.32 Å². The summed E-state index contributed by atoms with van der Waals surface area (Å²) in [5, 5.41) is 3.49. The molecule has 0 aliphatic rings. The number of hydrogen-bond acceptors (Lipinski definition) is 4. The standard InChI is InChI=1S/C20H21ClN2O3S/c1-4-17(26-15-8-5-13(21)6-9-15)19(24)22-14-7-10-16-18(11-14)27-20(25)23(16)12(2)3/h5-12,17H,4H2,1-3H3,(H,22,24). The number of nitrogens with one attached hydrogen (secondary N) is 1. The van der Waals surface area contributed by atoms with E-state index in [0.29, 0.717) is 22.9 Å². The van der Waals surface area contributed by atoms with E-state index in [9.17, 15) is 9.59 Å². The van der Waals surface area contributed by atoms with Gasteiger partial charge in [-0.15, -0.1) is 0 Å². The zero-order chi connectivity index (χ0) is 19.6. The molecule has 1 heterocycles. The van der Waals surface area contributed by atoms with Gasteiger partial charge in [0.05, 0.1) is 10.2 Å². The minimum Gasteiger partial charge on any atom is -0.481 e. The Labute approximate surface area is 166 Å². The van der Waals surface area contributed by atoms with Crippen molar-refractivity contribution in [2.45, 2.75) is 39.3 Å². The number of rotatable bonds is 6. The van der Waals surface area contributed by atoms with Crippen molar-refractivity contribution in [2.24, 2.45) is 0 Å². The Kier molecular flexibility index (Phi) is 5.87. The molecule has 0 bridgehead atoms. The highest BCUT2D eigenvalue weighted by molar-refractivity contribution is 7.16. The van der Waals surface area contributed by atoms with Gasteiger partial charge in [-0.25, -0.2) is 0 Å². The summed E-state index contributed by atoms with van der Waals surface area (Å²) >= 11 is 7.05. The van der Waals surface area contributed by atoms with Gasteiger partial charge in [0, 0.05) is 16.8 Å². The van der Waals surface area contributed by atoms with Gasteiger partial charge in [0.1, 0.15) is 5.75 Å². The summed E-state index contributed by atoms with van der Waals surface area (Å²) in [4.78, 5) is 24.8. The average molecular weight is 405 g/mol. The Morgan fingerprint density at radius 1 is 1.22 bits per heavy atom. The molecule has 5 nitrogen and oxygen atoms in total. The summed E-state index contributed by atoms with van der Waals surface area (Å²) in [6.07, 6.45) is -0.103. The molecular weight excluding hydrogens is 384 g/mol. The van der Waals surface area contributed by atoms with Gasteiger partial charge >= 0.3 is 4.87 Å². The largest absolute Gasteiger partial charge is 0.481 e. The van der Waals surface area contributed by atoms with Gasteiger partial charge in [-0.3, -0.25) is 14.2 Å². The maximum absolute atomic E-state index is 12.6. The van der Waals surface area contributed by atoms with Gasteiger partial charge in [0.15, 0.2) is 6.10 Å². The minimum absolute atomic E-state index is 0.000910. The smallest absolute Gasteiger partial charge is 0.308 e. The van der Waals surface area contributed by atoms with E-state index in [1.807, 2.05) is 32.9 Å². The lowest BCUT2D eigenvalue weighted by Crippen LogP contribution is -2.32. The molecule has 0 radical (unpaired) electrons. The van der Waals surface area contributed by atoms with Gasteiger partial charge in [-0.1, -0.05) is 29.9 Å². The first-order valence-corrected chi connectivity index (χ1v) is 9.96. The fourth-order valence-corrected chi connectivity index (χ4v) is 4.00. The predicted octanol–water partition coefficient (Wildman–Crippen LogP) is 5.09. The number of carbonyl (C=O) groups excluding carboxylic acids is 1. The molecule has 7 heteroatoms. The van der Waals surface area contributed by atoms with Crippen LogP contribution in [0.1, 0.15) is 33.2 Å². The summed E-state index contributed by atoms with van der Waals surface area (Å²) in [5.74, 6) is 0.353. The fourth-order valence-electron chi connectivity index (χ4n) is 2.83. The molecule has 3 rings (SSSR count). The molecular formula is C20H21ClN2O3S. The zero-order valence-electron chi connectivity index (χ0n) is 15.4. The Balaban J connectivity index is 1.77. The van der Waals surface area contributed by atoms with E-state index < -0.39 is 6.10 Å². The number of carbonyl (C=O) groups is 1. The molecule has 0 saturated heterocycles. The Bertz CT molecular complexity index is 1010. The molecule has 0 saturated carbocycles. The molecule has 0 fully saturated rings. The molecule has 0 aliphatic heterocycles. The number of benzene rings is 2. The number of thiazole rings is 1. The first-order chi connectivity index (χ1) is 12.9. The molecule has 1 unspecified atom stereocenters. The van der Waals surface area contributed by atoms with Gasteiger partial charge in [-0.2, -0.15) is 0 Å². The van der Waals surface area contributed by atoms with E-state index >= 15 is 0 Å². The van der Waals surface area contributed by atoms with Crippen molar-refractivity contribution in [3.05, 3.63) is 57.2 Å². The van der Waals surface area contributed by atoms with E-state index in [4.69, 9.17) is 16.3 Å². The number of hydrogen-bond donors (Lipinski definition) is 1. The number of amides is 1. The first-order valence-electron chi connectivity index (χ1n) is 8.77. The van der Waals surface area contributed by atoms with Crippen molar-refractivity contribution in [2.75, 3.05) is 5.32 Å². The van der Waals surface area contributed by atoms with Crippen LogP contribution in [0.15, 0.2) is 47.3 Å². The van der Waals surface area contributed by atoms with Crippen LogP contribution in [-0.4, -0.2) is 16.6 Å². The van der Waals surface area contributed by atoms with Crippen molar-refractivity contribution < 1.29 is 9.53 Å². The van der Waals surface area contributed by atoms with Gasteiger partial charge in [0.25, 0.3) is 5.91 Å². The van der Waals surface area contributed by atoms with Crippen molar-refractivity contribution in [3.63, 3.8) is 0 Å². The number of anilines is 1. The quantitative estimate of drug-likeness (QED) is 0.622. The third-order valence-corrected chi connectivity index (χ3v) is 5.32. The maximum atomic E-state index is 12.6. The third kappa shape index (κ3) is 4.34. The predicted molar refractivity (Wildman–Crippen MR) is 111 cm³/mol. The van der Waals surface area contributed by atoms with Gasteiger partial charge in [-0.05, 0) is 62.7 Å². The summed E-state index contributed by atoms with van der Waals surface area (Å²) in [6, 6.07) is 12.5.